The third kappa shape index (κ3) is 1.79. The number of nitrogens with zero attached hydrogens (tertiary/aromatic N) is 3. The van der Waals surface area contributed by atoms with E-state index in [9.17, 15) is 0 Å². The van der Waals surface area contributed by atoms with Crippen LogP contribution < -0.4 is 10.2 Å². The molecule has 0 unspecified atom stereocenters. The van der Waals surface area contributed by atoms with E-state index >= 15 is 0 Å². The summed E-state index contributed by atoms with van der Waals surface area (Å²) in [5.41, 5.74) is 5.01. The Bertz CT molecular complexity index is 617. The van der Waals surface area contributed by atoms with Crippen LogP contribution in [0.4, 0.5) is 5.95 Å². The fraction of sp³-hybridized carbons (Fsp3) is 0.333. The summed E-state index contributed by atoms with van der Waals surface area (Å²) in [5, 5.41) is 3.36. The van der Waals surface area contributed by atoms with Crippen LogP contribution in [0.25, 0.3) is 11.3 Å². The molecule has 19 heavy (non-hydrogen) atoms. The maximum absolute atomic E-state index is 4.81. The molecule has 1 aliphatic carbocycles. The summed E-state index contributed by atoms with van der Waals surface area (Å²) < 4.78 is 0. The van der Waals surface area contributed by atoms with E-state index in [1.807, 2.05) is 6.20 Å². The molecule has 1 aliphatic heterocycles. The highest BCUT2D eigenvalue weighted by molar-refractivity contribution is 5.73. The smallest absolute Gasteiger partial charge is 0.225 e. The van der Waals surface area contributed by atoms with Crippen molar-refractivity contribution in [2.24, 2.45) is 0 Å². The van der Waals surface area contributed by atoms with Crippen LogP contribution in [0.3, 0.4) is 0 Å². The molecule has 2 aliphatic rings. The zero-order valence-corrected chi connectivity index (χ0v) is 10.8. The molecule has 96 valence electrons. The predicted molar refractivity (Wildman–Crippen MR) is 75.4 cm³/mol. The van der Waals surface area contributed by atoms with E-state index in [-0.39, 0.29) is 0 Å². The van der Waals surface area contributed by atoms with Crippen molar-refractivity contribution in [2.45, 2.75) is 6.42 Å². The van der Waals surface area contributed by atoms with E-state index in [1.54, 1.807) is 0 Å². The molecule has 0 amide bonds. The average Bonchev–Trinajstić information content (AvgIpc) is 2.86. The van der Waals surface area contributed by atoms with Gasteiger partial charge in [0.1, 0.15) is 0 Å². The maximum atomic E-state index is 4.81. The number of nitrogens with one attached hydrogen (secondary N) is 1. The summed E-state index contributed by atoms with van der Waals surface area (Å²) in [6, 6.07) is 8.52. The molecule has 1 N–H and O–H groups in total. The topological polar surface area (TPSA) is 41.1 Å². The van der Waals surface area contributed by atoms with Crippen LogP contribution in [-0.4, -0.2) is 36.1 Å². The van der Waals surface area contributed by atoms with Gasteiger partial charge in [-0.1, -0.05) is 24.3 Å². The summed E-state index contributed by atoms with van der Waals surface area (Å²) in [5.74, 6) is 0.872. The van der Waals surface area contributed by atoms with Crippen LogP contribution in [0.15, 0.2) is 30.5 Å². The maximum Gasteiger partial charge on any atom is 0.225 e. The Morgan fingerprint density at radius 2 is 1.89 bits per heavy atom. The van der Waals surface area contributed by atoms with Crippen molar-refractivity contribution in [3.8, 4) is 11.3 Å². The Labute approximate surface area is 112 Å². The minimum absolute atomic E-state index is 0.872. The largest absolute Gasteiger partial charge is 0.338 e. The normalized spacial score (nSPS) is 17.2. The van der Waals surface area contributed by atoms with Gasteiger partial charge in [0.25, 0.3) is 0 Å². The van der Waals surface area contributed by atoms with Crippen molar-refractivity contribution in [2.75, 3.05) is 31.1 Å². The van der Waals surface area contributed by atoms with Crippen LogP contribution in [-0.2, 0) is 6.42 Å². The van der Waals surface area contributed by atoms with E-state index in [0.29, 0.717) is 0 Å². The van der Waals surface area contributed by atoms with Crippen molar-refractivity contribution in [1.82, 2.24) is 15.3 Å². The van der Waals surface area contributed by atoms with E-state index in [2.05, 4.69) is 39.5 Å². The third-order valence-electron chi connectivity index (χ3n) is 3.91. The quantitative estimate of drug-likeness (QED) is 0.712. The second kappa shape index (κ2) is 4.31. The molecule has 0 saturated carbocycles. The molecule has 0 radical (unpaired) electrons. The van der Waals surface area contributed by atoms with Gasteiger partial charge in [-0.05, 0) is 5.56 Å². The van der Waals surface area contributed by atoms with Crippen molar-refractivity contribution < 1.29 is 0 Å². The number of piperazine rings is 1. The lowest BCUT2D eigenvalue weighted by molar-refractivity contribution is 0.580. The average molecular weight is 252 g/mol. The lowest BCUT2D eigenvalue weighted by Crippen LogP contribution is -2.44. The first-order valence-corrected chi connectivity index (χ1v) is 6.82. The van der Waals surface area contributed by atoms with Gasteiger partial charge in [0.2, 0.25) is 5.95 Å². The van der Waals surface area contributed by atoms with Crippen molar-refractivity contribution in [3.05, 3.63) is 41.6 Å². The first-order chi connectivity index (χ1) is 9.42. The monoisotopic (exact) mass is 252 g/mol. The SMILES string of the molecule is c1ccc2c(c1)Cc1cnc(N3CCNCC3)nc1-2. The van der Waals surface area contributed by atoms with Crippen LogP contribution in [0, 0.1) is 0 Å². The summed E-state index contributed by atoms with van der Waals surface area (Å²) in [6.07, 6.45) is 2.97. The van der Waals surface area contributed by atoms with Gasteiger partial charge < -0.3 is 10.2 Å². The molecule has 4 rings (SSSR count). The highest BCUT2D eigenvalue weighted by Gasteiger charge is 2.22. The van der Waals surface area contributed by atoms with Gasteiger partial charge in [-0.25, -0.2) is 9.97 Å². The highest BCUT2D eigenvalue weighted by Crippen LogP contribution is 2.35. The van der Waals surface area contributed by atoms with Gasteiger partial charge in [-0.15, -0.1) is 0 Å². The van der Waals surface area contributed by atoms with Gasteiger partial charge in [0, 0.05) is 49.9 Å². The summed E-state index contributed by atoms with van der Waals surface area (Å²) >= 11 is 0. The van der Waals surface area contributed by atoms with Gasteiger partial charge in [0.05, 0.1) is 5.69 Å². The Balaban J connectivity index is 1.75. The molecule has 1 fully saturated rings. The van der Waals surface area contributed by atoms with E-state index in [1.165, 1.54) is 16.7 Å². The zero-order chi connectivity index (χ0) is 12.7. The lowest BCUT2D eigenvalue weighted by Gasteiger charge is -2.27. The van der Waals surface area contributed by atoms with Gasteiger partial charge in [-0.2, -0.15) is 0 Å². The number of hydrogen-bond donors (Lipinski definition) is 1. The van der Waals surface area contributed by atoms with Gasteiger partial charge in [-0.3, -0.25) is 0 Å². The number of aromatic nitrogens is 2. The molecule has 0 atom stereocenters. The van der Waals surface area contributed by atoms with Gasteiger partial charge >= 0.3 is 0 Å². The van der Waals surface area contributed by atoms with Crippen molar-refractivity contribution in [3.63, 3.8) is 0 Å². The van der Waals surface area contributed by atoms with Crippen LogP contribution in [0.5, 0.6) is 0 Å². The first kappa shape index (κ1) is 10.9. The first-order valence-electron chi connectivity index (χ1n) is 6.82. The van der Waals surface area contributed by atoms with Crippen molar-refractivity contribution in [1.29, 1.82) is 0 Å². The molecule has 1 aromatic heterocycles. The van der Waals surface area contributed by atoms with E-state index in [4.69, 9.17) is 4.98 Å². The Morgan fingerprint density at radius 3 is 2.79 bits per heavy atom. The number of fused-ring (bicyclic) bond motifs is 3. The second-order valence-electron chi connectivity index (χ2n) is 5.11. The Kier molecular flexibility index (Phi) is 2.48. The molecule has 2 aromatic rings. The third-order valence-corrected chi connectivity index (χ3v) is 3.91. The number of anilines is 1. The summed E-state index contributed by atoms with van der Waals surface area (Å²) in [6.45, 7) is 3.99. The Morgan fingerprint density at radius 1 is 1.05 bits per heavy atom. The lowest BCUT2D eigenvalue weighted by atomic mass is 10.1. The summed E-state index contributed by atoms with van der Waals surface area (Å²) in [4.78, 5) is 11.6. The standard InChI is InChI=1S/C15H16N4/c1-2-4-13-11(3-1)9-12-10-17-15(18-14(12)13)19-7-5-16-6-8-19/h1-4,10,16H,5-9H2. The minimum Gasteiger partial charge on any atom is -0.338 e. The van der Waals surface area contributed by atoms with Crippen LogP contribution in [0.1, 0.15) is 11.1 Å². The summed E-state index contributed by atoms with van der Waals surface area (Å²) in [7, 11) is 0. The fourth-order valence-electron chi connectivity index (χ4n) is 2.89. The number of hydrogen-bond acceptors (Lipinski definition) is 4. The minimum atomic E-state index is 0.872. The van der Waals surface area contributed by atoms with Crippen LogP contribution in [0.2, 0.25) is 0 Å². The van der Waals surface area contributed by atoms with Gasteiger partial charge in [0.15, 0.2) is 0 Å². The number of rotatable bonds is 1. The number of benzene rings is 1. The second-order valence-corrected chi connectivity index (χ2v) is 5.11. The predicted octanol–water partition coefficient (Wildman–Crippen LogP) is 1.46. The molecule has 0 bridgehead atoms. The van der Waals surface area contributed by atoms with Crippen LogP contribution >= 0.6 is 0 Å². The zero-order valence-electron chi connectivity index (χ0n) is 10.8. The highest BCUT2D eigenvalue weighted by atomic mass is 15.3. The molecule has 0 spiro atoms. The molecular formula is C15H16N4. The fourth-order valence-corrected chi connectivity index (χ4v) is 2.89. The van der Waals surface area contributed by atoms with E-state index in [0.717, 1.165) is 44.2 Å². The molecule has 1 aromatic carbocycles. The molecule has 1 saturated heterocycles. The molecule has 2 heterocycles. The molecular weight excluding hydrogens is 236 g/mol. The van der Waals surface area contributed by atoms with E-state index < -0.39 is 0 Å². The Hall–Kier alpha value is -1.94. The van der Waals surface area contributed by atoms with Crippen molar-refractivity contribution >= 4 is 5.95 Å². The molecule has 4 nitrogen and oxygen atoms in total. The molecule has 4 heteroatoms.